The molecule has 1 fully saturated rings. The van der Waals surface area contributed by atoms with Crippen LogP contribution in [-0.2, 0) is 16.4 Å². The second-order valence-electron chi connectivity index (χ2n) is 6.78. The number of nitrogens with one attached hydrogen (secondary N) is 1. The third kappa shape index (κ3) is 3.72. The zero-order valence-corrected chi connectivity index (χ0v) is 16.9. The van der Waals surface area contributed by atoms with Crippen molar-refractivity contribution in [3.8, 4) is 0 Å². The third-order valence-corrected chi connectivity index (χ3v) is 7.14. The van der Waals surface area contributed by atoms with Crippen LogP contribution in [0.3, 0.4) is 0 Å². The molecule has 0 amide bonds. The third-order valence-electron chi connectivity index (χ3n) is 4.92. The van der Waals surface area contributed by atoms with E-state index in [-0.39, 0.29) is 14.9 Å². The first-order valence-corrected chi connectivity index (χ1v) is 11.1. The molecule has 142 valence electrons. The molecule has 27 heavy (non-hydrogen) atoms. The Morgan fingerprint density at radius 3 is 2.81 bits per heavy atom. The van der Waals surface area contributed by atoms with E-state index in [2.05, 4.69) is 10.3 Å². The summed E-state index contributed by atoms with van der Waals surface area (Å²) in [6.45, 7) is 1.67. The minimum Gasteiger partial charge on any atom is -0.343 e. The fraction of sp³-hybridized carbons (Fsp3) is 0.316. The first kappa shape index (κ1) is 18.7. The van der Waals surface area contributed by atoms with Gasteiger partial charge >= 0.3 is 0 Å². The van der Waals surface area contributed by atoms with Crippen LogP contribution in [-0.4, -0.2) is 30.6 Å². The minimum absolute atomic E-state index is 0.165. The number of sulfone groups is 1. The topological polar surface area (TPSA) is 64.0 Å². The first-order valence-electron chi connectivity index (χ1n) is 8.83. The molecule has 1 saturated heterocycles. The van der Waals surface area contributed by atoms with E-state index in [1.165, 1.54) is 18.9 Å². The Labute approximate surface area is 168 Å². The van der Waals surface area contributed by atoms with Gasteiger partial charge in [0.2, 0.25) is 9.84 Å². The van der Waals surface area contributed by atoms with Crippen LogP contribution in [0, 0.1) is 0 Å². The molecule has 0 saturated carbocycles. The van der Waals surface area contributed by atoms with Crippen LogP contribution in [0.25, 0.3) is 10.9 Å². The van der Waals surface area contributed by atoms with Crippen molar-refractivity contribution in [3.63, 3.8) is 0 Å². The fourth-order valence-electron chi connectivity index (χ4n) is 3.57. The number of halogens is 2. The maximum absolute atomic E-state index is 13.3. The molecule has 1 unspecified atom stereocenters. The summed E-state index contributed by atoms with van der Waals surface area (Å²) in [4.78, 5) is 4.54. The normalized spacial score (nSPS) is 18.1. The van der Waals surface area contributed by atoms with Gasteiger partial charge in [0.05, 0.1) is 21.5 Å². The van der Waals surface area contributed by atoms with Gasteiger partial charge < -0.3 is 9.88 Å². The lowest BCUT2D eigenvalue weighted by molar-refractivity contribution is 0.366. The fourth-order valence-corrected chi connectivity index (χ4v) is 5.50. The highest BCUT2D eigenvalue weighted by atomic mass is 35.5. The lowest BCUT2D eigenvalue weighted by atomic mass is 10.1. The Hall–Kier alpha value is -1.60. The molecule has 0 radical (unpaired) electrons. The molecule has 1 aromatic carbocycles. The largest absolute Gasteiger partial charge is 0.343 e. The lowest BCUT2D eigenvalue weighted by Crippen LogP contribution is -2.37. The molecule has 3 aromatic rings. The zero-order chi connectivity index (χ0) is 19.0. The van der Waals surface area contributed by atoms with E-state index < -0.39 is 9.84 Å². The molecule has 2 aromatic heterocycles. The lowest BCUT2D eigenvalue weighted by Gasteiger charge is -2.24. The molecular formula is C19H19Cl2N3O2S. The van der Waals surface area contributed by atoms with Crippen molar-refractivity contribution in [2.24, 2.45) is 0 Å². The van der Waals surface area contributed by atoms with Gasteiger partial charge in [-0.3, -0.25) is 0 Å². The van der Waals surface area contributed by atoms with E-state index in [1.54, 1.807) is 36.7 Å². The Morgan fingerprint density at radius 2 is 2.07 bits per heavy atom. The van der Waals surface area contributed by atoms with Crippen LogP contribution in [0.1, 0.15) is 19.3 Å². The van der Waals surface area contributed by atoms with Gasteiger partial charge in [-0.15, -0.1) is 0 Å². The highest BCUT2D eigenvalue weighted by Gasteiger charge is 2.25. The van der Waals surface area contributed by atoms with Crippen LogP contribution in [0.4, 0.5) is 0 Å². The highest BCUT2D eigenvalue weighted by Crippen LogP contribution is 2.32. The second kappa shape index (κ2) is 7.43. The molecule has 5 nitrogen and oxygen atoms in total. The van der Waals surface area contributed by atoms with Crippen molar-refractivity contribution >= 4 is 43.9 Å². The van der Waals surface area contributed by atoms with Crippen LogP contribution in [0.15, 0.2) is 52.5 Å². The van der Waals surface area contributed by atoms with Crippen LogP contribution in [0.5, 0.6) is 0 Å². The molecule has 1 atom stereocenters. The molecule has 8 heteroatoms. The summed E-state index contributed by atoms with van der Waals surface area (Å²) in [5.74, 6) is 0. The number of piperidine rings is 1. The molecule has 0 bridgehead atoms. The van der Waals surface area contributed by atoms with E-state index in [1.807, 2.05) is 4.57 Å². The Morgan fingerprint density at radius 1 is 1.22 bits per heavy atom. The summed E-state index contributed by atoms with van der Waals surface area (Å²) in [5.41, 5.74) is 0.757. The monoisotopic (exact) mass is 423 g/mol. The van der Waals surface area contributed by atoms with Gasteiger partial charge in [-0.05, 0) is 43.7 Å². The Balaban J connectivity index is 1.83. The van der Waals surface area contributed by atoms with Gasteiger partial charge in [-0.25, -0.2) is 13.4 Å². The van der Waals surface area contributed by atoms with Gasteiger partial charge in [-0.2, -0.15) is 0 Å². The van der Waals surface area contributed by atoms with E-state index in [0.717, 1.165) is 18.5 Å². The summed E-state index contributed by atoms with van der Waals surface area (Å²) in [6, 6.07) is 8.22. The van der Waals surface area contributed by atoms with Crippen molar-refractivity contribution in [1.82, 2.24) is 14.9 Å². The molecule has 1 aliphatic heterocycles. The van der Waals surface area contributed by atoms with Gasteiger partial charge in [0.15, 0.2) is 0 Å². The van der Waals surface area contributed by atoms with E-state index in [9.17, 15) is 8.42 Å². The standard InChI is InChI=1S/C19H19Cl2N3O2S/c20-13-4-3-6-15(8-13)27(25,26)18-12-24(11-14-5-1-2-7-22-14)17-10-23-19(21)9-16(17)18/h3-4,6,8-10,12,14,22H,1-2,5,7,11H2. The summed E-state index contributed by atoms with van der Waals surface area (Å²) in [6.07, 6.45) is 6.74. The van der Waals surface area contributed by atoms with E-state index in [4.69, 9.17) is 23.2 Å². The summed E-state index contributed by atoms with van der Waals surface area (Å²) < 4.78 is 28.5. The van der Waals surface area contributed by atoms with Crippen LogP contribution < -0.4 is 5.32 Å². The number of nitrogens with zero attached hydrogens (tertiary/aromatic N) is 2. The molecule has 1 aliphatic rings. The quantitative estimate of drug-likeness (QED) is 0.634. The number of rotatable bonds is 4. The average molecular weight is 424 g/mol. The molecule has 4 rings (SSSR count). The number of hydrogen-bond acceptors (Lipinski definition) is 4. The highest BCUT2D eigenvalue weighted by molar-refractivity contribution is 7.91. The van der Waals surface area contributed by atoms with Crippen LogP contribution in [0.2, 0.25) is 10.2 Å². The van der Waals surface area contributed by atoms with E-state index >= 15 is 0 Å². The van der Waals surface area contributed by atoms with Crippen LogP contribution >= 0.6 is 23.2 Å². The van der Waals surface area contributed by atoms with Gasteiger partial charge in [-0.1, -0.05) is 35.7 Å². The number of pyridine rings is 1. The molecule has 0 aliphatic carbocycles. The zero-order valence-electron chi connectivity index (χ0n) is 14.5. The number of hydrogen-bond donors (Lipinski definition) is 1. The van der Waals surface area contributed by atoms with Crippen molar-refractivity contribution in [1.29, 1.82) is 0 Å². The number of benzene rings is 1. The molecule has 0 spiro atoms. The molecule has 1 N–H and O–H groups in total. The van der Waals surface area contributed by atoms with Crippen molar-refractivity contribution in [2.75, 3.05) is 6.54 Å². The predicted octanol–water partition coefficient (Wildman–Crippen LogP) is 4.32. The van der Waals surface area contributed by atoms with Crippen molar-refractivity contribution in [2.45, 2.75) is 41.6 Å². The van der Waals surface area contributed by atoms with E-state index in [0.29, 0.717) is 23.0 Å². The van der Waals surface area contributed by atoms with Crippen molar-refractivity contribution in [3.05, 3.63) is 52.9 Å². The number of aromatic nitrogens is 2. The average Bonchev–Trinajstić information content (AvgIpc) is 3.01. The smallest absolute Gasteiger partial charge is 0.208 e. The first-order chi connectivity index (χ1) is 12.9. The Bertz CT molecular complexity index is 1090. The summed E-state index contributed by atoms with van der Waals surface area (Å²) in [7, 11) is -3.74. The maximum Gasteiger partial charge on any atom is 0.208 e. The van der Waals surface area contributed by atoms with Crippen molar-refractivity contribution < 1.29 is 8.42 Å². The second-order valence-corrected chi connectivity index (χ2v) is 9.52. The summed E-state index contributed by atoms with van der Waals surface area (Å²) in [5, 5.41) is 4.71. The van der Waals surface area contributed by atoms with Gasteiger partial charge in [0.25, 0.3) is 0 Å². The SMILES string of the molecule is O=S(=O)(c1cccc(Cl)c1)c1cn(CC2CCCCN2)c2cnc(Cl)cc12. The molecule has 3 heterocycles. The maximum atomic E-state index is 13.3. The Kier molecular flexibility index (Phi) is 5.16. The summed E-state index contributed by atoms with van der Waals surface area (Å²) >= 11 is 12.1. The van der Waals surface area contributed by atoms with Gasteiger partial charge in [0.1, 0.15) is 5.15 Å². The number of fused-ring (bicyclic) bond motifs is 1. The predicted molar refractivity (Wildman–Crippen MR) is 107 cm³/mol. The minimum atomic E-state index is -3.74. The van der Waals surface area contributed by atoms with Gasteiger partial charge in [0, 0.05) is 29.2 Å². The molecular weight excluding hydrogens is 405 g/mol.